The first-order chi connectivity index (χ1) is 10.7. The number of nitrogens with zero attached hydrogens (tertiary/aromatic N) is 5. The molecule has 0 N–H and O–H groups in total. The van der Waals surface area contributed by atoms with Crippen molar-refractivity contribution in [1.82, 2.24) is 20.1 Å². The second kappa shape index (κ2) is 6.85. The van der Waals surface area contributed by atoms with Gasteiger partial charge in [0.15, 0.2) is 5.82 Å². The Bertz CT molecular complexity index is 589. The van der Waals surface area contributed by atoms with Crippen LogP contribution in [0.25, 0.3) is 0 Å². The Labute approximate surface area is 129 Å². The molecule has 1 aliphatic rings. The molecule has 7 heteroatoms. The van der Waals surface area contributed by atoms with Gasteiger partial charge < -0.3 is 14.1 Å². The standard InChI is InChI=1S/C15H21N5O2/c1-12-8-16-15(22-12)11-20-6-7-21-13(10-20)9-19(2)14-4-3-5-17-18-14/h3-5,8,13H,6-7,9-11H2,1-2H3. The number of aromatic nitrogens is 3. The molecule has 0 bridgehead atoms. The predicted octanol–water partition coefficient (Wildman–Crippen LogP) is 1.11. The first kappa shape index (κ1) is 14.9. The maximum Gasteiger partial charge on any atom is 0.208 e. The Balaban J connectivity index is 1.54. The van der Waals surface area contributed by atoms with E-state index in [2.05, 4.69) is 25.0 Å². The largest absolute Gasteiger partial charge is 0.445 e. The van der Waals surface area contributed by atoms with Gasteiger partial charge in [-0.3, -0.25) is 4.90 Å². The normalized spacial score (nSPS) is 19.3. The lowest BCUT2D eigenvalue weighted by atomic mass is 10.2. The van der Waals surface area contributed by atoms with Crippen LogP contribution >= 0.6 is 0 Å². The van der Waals surface area contributed by atoms with Crippen LogP contribution in [0, 0.1) is 6.92 Å². The molecule has 1 unspecified atom stereocenters. The van der Waals surface area contributed by atoms with Crippen molar-refractivity contribution in [2.24, 2.45) is 0 Å². The summed E-state index contributed by atoms with van der Waals surface area (Å²) in [6.45, 7) is 5.88. The van der Waals surface area contributed by atoms with Crippen molar-refractivity contribution in [3.05, 3.63) is 36.2 Å². The van der Waals surface area contributed by atoms with Crippen LogP contribution in [0.3, 0.4) is 0 Å². The van der Waals surface area contributed by atoms with Gasteiger partial charge in [0.25, 0.3) is 0 Å². The van der Waals surface area contributed by atoms with Crippen molar-refractivity contribution in [3.63, 3.8) is 0 Å². The highest BCUT2D eigenvalue weighted by molar-refractivity contribution is 5.35. The van der Waals surface area contributed by atoms with Gasteiger partial charge in [0.05, 0.1) is 25.5 Å². The number of ether oxygens (including phenoxy) is 1. The van der Waals surface area contributed by atoms with Crippen LogP contribution in [0.5, 0.6) is 0 Å². The number of aryl methyl sites for hydroxylation is 1. The molecule has 2 aromatic rings. The van der Waals surface area contributed by atoms with Gasteiger partial charge in [-0.2, -0.15) is 5.10 Å². The van der Waals surface area contributed by atoms with Gasteiger partial charge in [-0.1, -0.05) is 0 Å². The van der Waals surface area contributed by atoms with E-state index < -0.39 is 0 Å². The average molecular weight is 303 g/mol. The fourth-order valence-corrected chi connectivity index (χ4v) is 2.60. The third-order valence-electron chi connectivity index (χ3n) is 3.68. The number of hydrogen-bond donors (Lipinski definition) is 0. The van der Waals surface area contributed by atoms with Crippen LogP contribution in [0.4, 0.5) is 5.82 Å². The fraction of sp³-hybridized carbons (Fsp3) is 0.533. The Morgan fingerprint density at radius 3 is 3.09 bits per heavy atom. The lowest BCUT2D eigenvalue weighted by molar-refractivity contribution is -0.0288. The zero-order valence-corrected chi connectivity index (χ0v) is 13.0. The van der Waals surface area contributed by atoms with Crippen molar-refractivity contribution in [2.75, 3.05) is 38.2 Å². The summed E-state index contributed by atoms with van der Waals surface area (Å²) in [5, 5.41) is 8.02. The van der Waals surface area contributed by atoms with Crippen LogP contribution in [-0.4, -0.2) is 59.5 Å². The molecule has 118 valence electrons. The molecule has 1 atom stereocenters. The van der Waals surface area contributed by atoms with E-state index in [1.165, 1.54) is 0 Å². The van der Waals surface area contributed by atoms with Gasteiger partial charge in [-0.05, 0) is 19.1 Å². The van der Waals surface area contributed by atoms with Gasteiger partial charge in [0, 0.05) is 32.9 Å². The van der Waals surface area contributed by atoms with Gasteiger partial charge in [-0.15, -0.1) is 5.10 Å². The van der Waals surface area contributed by atoms with E-state index in [1.807, 2.05) is 26.1 Å². The number of oxazole rings is 1. The molecule has 0 aliphatic carbocycles. The molecule has 1 fully saturated rings. The lowest BCUT2D eigenvalue weighted by Gasteiger charge is -2.34. The molecule has 0 radical (unpaired) electrons. The minimum atomic E-state index is 0.136. The Kier molecular flexibility index (Phi) is 4.65. The fourth-order valence-electron chi connectivity index (χ4n) is 2.60. The third kappa shape index (κ3) is 3.80. The van der Waals surface area contributed by atoms with Crippen molar-refractivity contribution in [1.29, 1.82) is 0 Å². The monoisotopic (exact) mass is 303 g/mol. The van der Waals surface area contributed by atoms with Gasteiger partial charge in [0.2, 0.25) is 5.89 Å². The SMILES string of the molecule is Cc1cnc(CN2CCOC(CN(C)c3cccnn3)C2)o1. The minimum absolute atomic E-state index is 0.136. The number of likely N-dealkylation sites (N-methyl/N-ethyl adjacent to an activating group) is 1. The predicted molar refractivity (Wildman–Crippen MR) is 81.6 cm³/mol. The van der Waals surface area contributed by atoms with E-state index >= 15 is 0 Å². The molecule has 2 aromatic heterocycles. The minimum Gasteiger partial charge on any atom is -0.445 e. The molecule has 7 nitrogen and oxygen atoms in total. The Hall–Kier alpha value is -1.99. The summed E-state index contributed by atoms with van der Waals surface area (Å²) in [5.41, 5.74) is 0. The molecule has 1 aliphatic heterocycles. The molecule has 1 saturated heterocycles. The first-order valence-corrected chi connectivity index (χ1v) is 7.45. The third-order valence-corrected chi connectivity index (χ3v) is 3.68. The first-order valence-electron chi connectivity index (χ1n) is 7.45. The van der Waals surface area contributed by atoms with Crippen molar-refractivity contribution in [2.45, 2.75) is 19.6 Å². The van der Waals surface area contributed by atoms with E-state index in [0.717, 1.165) is 50.3 Å². The maximum absolute atomic E-state index is 5.86. The Morgan fingerprint density at radius 2 is 2.36 bits per heavy atom. The van der Waals surface area contributed by atoms with E-state index in [4.69, 9.17) is 9.15 Å². The van der Waals surface area contributed by atoms with E-state index in [1.54, 1.807) is 12.4 Å². The van der Waals surface area contributed by atoms with Gasteiger partial charge in [-0.25, -0.2) is 4.98 Å². The van der Waals surface area contributed by atoms with Crippen LogP contribution in [-0.2, 0) is 11.3 Å². The molecule has 0 amide bonds. The molecular formula is C15H21N5O2. The summed E-state index contributed by atoms with van der Waals surface area (Å²) in [7, 11) is 2.00. The summed E-state index contributed by atoms with van der Waals surface area (Å²) < 4.78 is 11.4. The Morgan fingerprint density at radius 1 is 1.45 bits per heavy atom. The summed E-state index contributed by atoms with van der Waals surface area (Å²) in [4.78, 5) is 8.64. The second-order valence-electron chi connectivity index (χ2n) is 5.55. The topological polar surface area (TPSA) is 67.5 Å². The molecule has 22 heavy (non-hydrogen) atoms. The zero-order valence-electron chi connectivity index (χ0n) is 13.0. The quantitative estimate of drug-likeness (QED) is 0.819. The molecule has 0 spiro atoms. The van der Waals surface area contributed by atoms with Gasteiger partial charge in [0.1, 0.15) is 5.76 Å². The van der Waals surface area contributed by atoms with Crippen LogP contribution in [0.15, 0.2) is 28.9 Å². The highest BCUT2D eigenvalue weighted by atomic mass is 16.5. The second-order valence-corrected chi connectivity index (χ2v) is 5.55. The molecule has 0 saturated carbocycles. The number of anilines is 1. The molecule has 3 rings (SSSR count). The van der Waals surface area contributed by atoms with Crippen molar-refractivity contribution in [3.8, 4) is 0 Å². The van der Waals surface area contributed by atoms with Gasteiger partial charge >= 0.3 is 0 Å². The number of rotatable bonds is 5. The number of hydrogen-bond acceptors (Lipinski definition) is 7. The van der Waals surface area contributed by atoms with E-state index in [9.17, 15) is 0 Å². The van der Waals surface area contributed by atoms with Crippen LogP contribution in [0.1, 0.15) is 11.7 Å². The molecule has 3 heterocycles. The van der Waals surface area contributed by atoms with E-state index in [0.29, 0.717) is 0 Å². The highest BCUT2D eigenvalue weighted by Gasteiger charge is 2.23. The number of morpholine rings is 1. The molecular weight excluding hydrogens is 282 g/mol. The van der Waals surface area contributed by atoms with Crippen LogP contribution in [0.2, 0.25) is 0 Å². The van der Waals surface area contributed by atoms with Crippen LogP contribution < -0.4 is 4.90 Å². The highest BCUT2D eigenvalue weighted by Crippen LogP contribution is 2.13. The van der Waals surface area contributed by atoms with Crippen molar-refractivity contribution >= 4 is 5.82 Å². The van der Waals surface area contributed by atoms with Crippen molar-refractivity contribution < 1.29 is 9.15 Å². The maximum atomic E-state index is 5.86. The summed E-state index contributed by atoms with van der Waals surface area (Å²) in [5.74, 6) is 2.47. The summed E-state index contributed by atoms with van der Waals surface area (Å²) in [6, 6.07) is 3.83. The van der Waals surface area contributed by atoms with E-state index in [-0.39, 0.29) is 6.10 Å². The summed E-state index contributed by atoms with van der Waals surface area (Å²) >= 11 is 0. The zero-order chi connectivity index (χ0) is 15.4. The smallest absolute Gasteiger partial charge is 0.208 e. The lowest BCUT2D eigenvalue weighted by Crippen LogP contribution is -2.46. The summed E-state index contributed by atoms with van der Waals surface area (Å²) in [6.07, 6.45) is 3.57. The molecule has 0 aromatic carbocycles. The average Bonchev–Trinajstić information content (AvgIpc) is 2.93.